The third kappa shape index (κ3) is 7.81. The molecule has 3 rings (SSSR count). The van der Waals surface area contributed by atoms with Crippen LogP contribution in [-0.2, 0) is 21.9 Å². The van der Waals surface area contributed by atoms with Gasteiger partial charge in [-0.3, -0.25) is 9.59 Å². The Morgan fingerprint density at radius 2 is 1.76 bits per heavy atom. The van der Waals surface area contributed by atoms with Crippen molar-refractivity contribution in [2.45, 2.75) is 69.8 Å². The van der Waals surface area contributed by atoms with E-state index < -0.39 is 6.04 Å². The van der Waals surface area contributed by atoms with Crippen molar-refractivity contribution >= 4 is 58.4 Å². The standard InChI is InChI=1S/C26H31Cl3N2O2S/c1-2-24(26(33)30-20-9-4-3-5-10-20)31(15-18-12-13-22(28)23(29)14-18)25(32)17-34-16-19-8-6-7-11-21(19)27/h6-8,11-14,20,24H,2-5,9-10,15-17H2,1H3,(H,30,33)/t24-/m0/s1. The largest absolute Gasteiger partial charge is 0.352 e. The molecule has 8 heteroatoms. The van der Waals surface area contributed by atoms with E-state index in [0.717, 1.165) is 36.8 Å². The topological polar surface area (TPSA) is 49.4 Å². The summed E-state index contributed by atoms with van der Waals surface area (Å²) >= 11 is 20.0. The molecule has 1 saturated carbocycles. The molecule has 0 spiro atoms. The van der Waals surface area contributed by atoms with Crippen molar-refractivity contribution in [3.8, 4) is 0 Å². The van der Waals surface area contributed by atoms with E-state index in [4.69, 9.17) is 34.8 Å². The Morgan fingerprint density at radius 1 is 1.03 bits per heavy atom. The molecule has 0 radical (unpaired) electrons. The molecule has 0 aromatic heterocycles. The number of thioether (sulfide) groups is 1. The monoisotopic (exact) mass is 540 g/mol. The molecule has 34 heavy (non-hydrogen) atoms. The minimum absolute atomic E-state index is 0.0843. The smallest absolute Gasteiger partial charge is 0.243 e. The molecule has 2 amide bonds. The predicted octanol–water partition coefficient (Wildman–Crippen LogP) is 7.14. The zero-order valence-electron chi connectivity index (χ0n) is 19.4. The van der Waals surface area contributed by atoms with E-state index in [1.807, 2.05) is 37.3 Å². The Morgan fingerprint density at radius 3 is 2.44 bits per heavy atom. The van der Waals surface area contributed by atoms with Crippen LogP contribution in [0.5, 0.6) is 0 Å². The molecule has 2 aromatic carbocycles. The van der Waals surface area contributed by atoms with E-state index in [2.05, 4.69) is 5.32 Å². The normalized spacial score (nSPS) is 15.1. The minimum atomic E-state index is -0.551. The fraction of sp³-hybridized carbons (Fsp3) is 0.462. The fourth-order valence-corrected chi connectivity index (χ4v) is 5.76. The summed E-state index contributed by atoms with van der Waals surface area (Å²) in [5, 5.41) is 4.77. The van der Waals surface area contributed by atoms with Crippen LogP contribution in [0.1, 0.15) is 56.6 Å². The summed E-state index contributed by atoms with van der Waals surface area (Å²) < 4.78 is 0. The Labute approximate surface area is 221 Å². The fourth-order valence-electron chi connectivity index (χ4n) is 4.25. The molecule has 0 aliphatic heterocycles. The molecular weight excluding hydrogens is 511 g/mol. The van der Waals surface area contributed by atoms with Crippen LogP contribution >= 0.6 is 46.6 Å². The molecule has 1 aliphatic carbocycles. The van der Waals surface area contributed by atoms with Crippen molar-refractivity contribution < 1.29 is 9.59 Å². The van der Waals surface area contributed by atoms with Crippen molar-refractivity contribution in [2.24, 2.45) is 0 Å². The van der Waals surface area contributed by atoms with Gasteiger partial charge in [0.25, 0.3) is 0 Å². The molecule has 1 aliphatic rings. The summed E-state index contributed by atoms with van der Waals surface area (Å²) in [4.78, 5) is 28.3. The highest BCUT2D eigenvalue weighted by Gasteiger charge is 2.30. The van der Waals surface area contributed by atoms with Crippen LogP contribution in [0.3, 0.4) is 0 Å². The van der Waals surface area contributed by atoms with Gasteiger partial charge in [-0.25, -0.2) is 0 Å². The first-order valence-corrected chi connectivity index (χ1v) is 14.0. The second-order valence-corrected chi connectivity index (χ2v) is 10.8. The molecule has 0 unspecified atom stereocenters. The van der Waals surface area contributed by atoms with E-state index in [1.54, 1.807) is 17.0 Å². The third-order valence-corrected chi connectivity index (χ3v) is 8.19. The highest BCUT2D eigenvalue weighted by atomic mass is 35.5. The van der Waals surface area contributed by atoms with Gasteiger partial charge < -0.3 is 10.2 Å². The van der Waals surface area contributed by atoms with Gasteiger partial charge in [-0.1, -0.05) is 85.3 Å². The summed E-state index contributed by atoms with van der Waals surface area (Å²) in [6.45, 7) is 2.23. The molecule has 0 saturated heterocycles. The van der Waals surface area contributed by atoms with Gasteiger partial charge in [0.1, 0.15) is 6.04 Å². The average Bonchev–Trinajstić information content (AvgIpc) is 2.83. The van der Waals surface area contributed by atoms with Gasteiger partial charge >= 0.3 is 0 Å². The van der Waals surface area contributed by atoms with Gasteiger partial charge in [-0.05, 0) is 48.6 Å². The average molecular weight is 542 g/mol. The first-order chi connectivity index (χ1) is 16.4. The Kier molecular flexibility index (Phi) is 10.9. The number of nitrogens with zero attached hydrogens (tertiary/aromatic N) is 1. The van der Waals surface area contributed by atoms with E-state index in [1.165, 1.54) is 18.2 Å². The lowest BCUT2D eigenvalue weighted by Crippen LogP contribution is -2.52. The molecule has 2 aromatic rings. The summed E-state index contributed by atoms with van der Waals surface area (Å²) in [6.07, 6.45) is 6.00. The number of halogens is 3. The molecule has 0 bridgehead atoms. The number of amides is 2. The molecule has 1 N–H and O–H groups in total. The van der Waals surface area contributed by atoms with Crippen LogP contribution in [0.4, 0.5) is 0 Å². The Balaban J connectivity index is 1.73. The van der Waals surface area contributed by atoms with Crippen LogP contribution in [0.25, 0.3) is 0 Å². The van der Waals surface area contributed by atoms with Crippen LogP contribution in [-0.4, -0.2) is 34.6 Å². The van der Waals surface area contributed by atoms with Crippen LogP contribution < -0.4 is 5.32 Å². The van der Waals surface area contributed by atoms with Crippen LogP contribution in [0.15, 0.2) is 42.5 Å². The van der Waals surface area contributed by atoms with E-state index in [-0.39, 0.29) is 23.6 Å². The molecular formula is C26H31Cl3N2O2S. The number of carbonyl (C=O) groups is 2. The lowest BCUT2D eigenvalue weighted by atomic mass is 9.95. The van der Waals surface area contributed by atoms with E-state index in [0.29, 0.717) is 33.8 Å². The zero-order chi connectivity index (χ0) is 24.5. The van der Waals surface area contributed by atoms with Crippen molar-refractivity contribution in [2.75, 3.05) is 5.75 Å². The summed E-state index contributed by atoms with van der Waals surface area (Å²) in [5.41, 5.74) is 1.82. The highest BCUT2D eigenvalue weighted by molar-refractivity contribution is 7.99. The van der Waals surface area contributed by atoms with Crippen molar-refractivity contribution in [1.82, 2.24) is 10.2 Å². The first kappa shape index (κ1) is 27.2. The van der Waals surface area contributed by atoms with Gasteiger partial charge in [0.2, 0.25) is 11.8 Å². The lowest BCUT2D eigenvalue weighted by molar-refractivity contribution is -0.139. The summed E-state index contributed by atoms with van der Waals surface area (Å²) in [7, 11) is 0. The van der Waals surface area contributed by atoms with Gasteiger partial charge in [0.05, 0.1) is 15.8 Å². The maximum absolute atomic E-state index is 13.4. The number of hydrogen-bond donors (Lipinski definition) is 1. The third-order valence-electron chi connectivity index (χ3n) is 6.12. The highest BCUT2D eigenvalue weighted by Crippen LogP contribution is 2.26. The number of benzene rings is 2. The second-order valence-electron chi connectivity index (χ2n) is 8.62. The Bertz CT molecular complexity index is 982. The molecule has 184 valence electrons. The maximum Gasteiger partial charge on any atom is 0.243 e. The number of nitrogens with one attached hydrogen (secondary N) is 1. The van der Waals surface area contributed by atoms with Gasteiger partial charge in [0, 0.05) is 23.4 Å². The summed E-state index contributed by atoms with van der Waals surface area (Å²) in [6, 6.07) is 12.6. The second kappa shape index (κ2) is 13.6. The molecule has 4 nitrogen and oxygen atoms in total. The van der Waals surface area contributed by atoms with Gasteiger partial charge in [0.15, 0.2) is 0 Å². The first-order valence-electron chi connectivity index (χ1n) is 11.7. The summed E-state index contributed by atoms with van der Waals surface area (Å²) in [5.74, 6) is 0.698. The molecule has 0 heterocycles. The lowest BCUT2D eigenvalue weighted by Gasteiger charge is -2.33. The van der Waals surface area contributed by atoms with Gasteiger partial charge in [-0.15, -0.1) is 11.8 Å². The SMILES string of the molecule is CC[C@@H](C(=O)NC1CCCCC1)N(Cc1ccc(Cl)c(Cl)c1)C(=O)CSCc1ccccc1Cl. The molecule has 1 fully saturated rings. The van der Waals surface area contributed by atoms with E-state index >= 15 is 0 Å². The van der Waals surface area contributed by atoms with Crippen LogP contribution in [0.2, 0.25) is 15.1 Å². The zero-order valence-corrected chi connectivity index (χ0v) is 22.5. The maximum atomic E-state index is 13.4. The van der Waals surface area contributed by atoms with Crippen LogP contribution in [0, 0.1) is 0 Å². The number of hydrogen-bond acceptors (Lipinski definition) is 3. The molecule has 1 atom stereocenters. The Hall–Kier alpha value is -1.40. The van der Waals surface area contributed by atoms with Gasteiger partial charge in [-0.2, -0.15) is 0 Å². The van der Waals surface area contributed by atoms with E-state index in [9.17, 15) is 9.59 Å². The number of rotatable bonds is 10. The quantitative estimate of drug-likeness (QED) is 0.348. The van der Waals surface area contributed by atoms with Crippen molar-refractivity contribution in [1.29, 1.82) is 0 Å². The number of carbonyl (C=O) groups excluding carboxylic acids is 2. The van der Waals surface area contributed by atoms with Crippen molar-refractivity contribution in [3.63, 3.8) is 0 Å². The minimum Gasteiger partial charge on any atom is -0.352 e. The van der Waals surface area contributed by atoms with Crippen molar-refractivity contribution in [3.05, 3.63) is 68.7 Å². The predicted molar refractivity (Wildman–Crippen MR) is 144 cm³/mol.